The second-order valence-corrected chi connectivity index (χ2v) is 3.99. The summed E-state index contributed by atoms with van der Waals surface area (Å²) in [5, 5.41) is 4.68. The maximum absolute atomic E-state index is 11.6. The molecule has 0 aliphatic carbocycles. The van der Waals surface area contributed by atoms with Crippen molar-refractivity contribution in [3.8, 4) is 0 Å². The maximum atomic E-state index is 11.6. The normalized spacial score (nSPS) is 9.93. The van der Waals surface area contributed by atoms with Gasteiger partial charge in [-0.25, -0.2) is 4.98 Å². The summed E-state index contributed by atoms with van der Waals surface area (Å²) in [4.78, 5) is 19.9. The summed E-state index contributed by atoms with van der Waals surface area (Å²) in [7, 11) is 0. The van der Waals surface area contributed by atoms with E-state index in [-0.39, 0.29) is 11.1 Å². The van der Waals surface area contributed by atoms with E-state index in [2.05, 4.69) is 15.3 Å². The molecule has 0 unspecified atom stereocenters. The number of thiophene rings is 1. The molecule has 0 bridgehead atoms. The van der Waals surface area contributed by atoms with Crippen LogP contribution in [0.1, 0.15) is 9.67 Å². The Balaban J connectivity index is 2.13. The highest BCUT2D eigenvalue weighted by atomic mass is 35.5. The minimum atomic E-state index is -0.207. The van der Waals surface area contributed by atoms with Gasteiger partial charge < -0.3 is 5.32 Å². The van der Waals surface area contributed by atoms with Crippen LogP contribution in [-0.2, 0) is 0 Å². The lowest BCUT2D eigenvalue weighted by Gasteiger charge is -2.01. The molecule has 6 heteroatoms. The van der Waals surface area contributed by atoms with E-state index in [1.165, 1.54) is 23.7 Å². The fourth-order valence-electron chi connectivity index (χ4n) is 0.988. The van der Waals surface area contributed by atoms with Crippen molar-refractivity contribution in [1.29, 1.82) is 0 Å². The number of amides is 1. The van der Waals surface area contributed by atoms with Crippen LogP contribution in [-0.4, -0.2) is 15.9 Å². The number of rotatable bonds is 2. The number of halogens is 1. The minimum absolute atomic E-state index is 0.207. The summed E-state index contributed by atoms with van der Waals surface area (Å²) in [6.07, 6.45) is 2.85. The monoisotopic (exact) mass is 239 g/mol. The number of anilines is 1. The van der Waals surface area contributed by atoms with Gasteiger partial charge in [0.15, 0.2) is 5.82 Å². The van der Waals surface area contributed by atoms with Crippen molar-refractivity contribution < 1.29 is 4.79 Å². The average Bonchev–Trinajstić information content (AvgIpc) is 2.70. The molecule has 2 heterocycles. The van der Waals surface area contributed by atoms with E-state index in [0.29, 0.717) is 10.7 Å². The molecule has 15 heavy (non-hydrogen) atoms. The standard InChI is InChI=1S/C9H6ClN3OS/c10-7-4-11-5-8(12-7)13-9(14)6-2-1-3-15-6/h1-5H,(H,12,13,14). The maximum Gasteiger partial charge on any atom is 0.266 e. The first-order chi connectivity index (χ1) is 7.25. The van der Waals surface area contributed by atoms with Crippen molar-refractivity contribution in [2.45, 2.75) is 0 Å². The Hall–Kier alpha value is -1.46. The van der Waals surface area contributed by atoms with E-state index in [9.17, 15) is 4.79 Å². The van der Waals surface area contributed by atoms with Gasteiger partial charge in [0, 0.05) is 0 Å². The smallest absolute Gasteiger partial charge is 0.266 e. The van der Waals surface area contributed by atoms with E-state index in [4.69, 9.17) is 11.6 Å². The minimum Gasteiger partial charge on any atom is -0.305 e. The highest BCUT2D eigenvalue weighted by Gasteiger charge is 2.07. The summed E-state index contributed by atoms with van der Waals surface area (Å²) < 4.78 is 0. The molecule has 1 N–H and O–H groups in total. The molecule has 1 amide bonds. The molecule has 0 radical (unpaired) electrons. The van der Waals surface area contributed by atoms with Crippen LogP contribution in [0.2, 0.25) is 5.15 Å². The van der Waals surface area contributed by atoms with Crippen LogP contribution in [0.25, 0.3) is 0 Å². The highest BCUT2D eigenvalue weighted by Crippen LogP contribution is 2.12. The first-order valence-electron chi connectivity index (χ1n) is 4.08. The van der Waals surface area contributed by atoms with Crippen LogP contribution < -0.4 is 5.32 Å². The summed E-state index contributed by atoms with van der Waals surface area (Å²) in [6.45, 7) is 0. The fraction of sp³-hybridized carbons (Fsp3) is 0. The second-order valence-electron chi connectivity index (χ2n) is 2.66. The largest absolute Gasteiger partial charge is 0.305 e. The Bertz CT molecular complexity index is 472. The van der Waals surface area contributed by atoms with Gasteiger partial charge in [-0.05, 0) is 11.4 Å². The summed E-state index contributed by atoms with van der Waals surface area (Å²) in [5.41, 5.74) is 0. The lowest BCUT2D eigenvalue weighted by atomic mass is 10.4. The molecular formula is C9H6ClN3OS. The van der Waals surface area contributed by atoms with Gasteiger partial charge in [-0.15, -0.1) is 11.3 Å². The van der Waals surface area contributed by atoms with Crippen LogP contribution in [0.5, 0.6) is 0 Å². The van der Waals surface area contributed by atoms with Crippen LogP contribution >= 0.6 is 22.9 Å². The Labute approximate surface area is 94.9 Å². The SMILES string of the molecule is O=C(Nc1cncc(Cl)n1)c1cccs1. The van der Waals surface area contributed by atoms with E-state index in [1.807, 2.05) is 11.4 Å². The lowest BCUT2D eigenvalue weighted by molar-refractivity contribution is 0.103. The van der Waals surface area contributed by atoms with Gasteiger partial charge >= 0.3 is 0 Å². The van der Waals surface area contributed by atoms with Gasteiger partial charge in [-0.1, -0.05) is 17.7 Å². The molecule has 2 aromatic rings. The molecule has 0 spiro atoms. The third-order valence-corrected chi connectivity index (χ3v) is 2.64. The molecular weight excluding hydrogens is 234 g/mol. The van der Waals surface area contributed by atoms with E-state index >= 15 is 0 Å². The molecule has 0 aromatic carbocycles. The van der Waals surface area contributed by atoms with Crippen molar-refractivity contribution >= 4 is 34.7 Å². The molecule has 0 aliphatic heterocycles. The predicted octanol–water partition coefficient (Wildman–Crippen LogP) is 2.44. The van der Waals surface area contributed by atoms with Gasteiger partial charge in [0.2, 0.25) is 0 Å². The van der Waals surface area contributed by atoms with Crippen molar-refractivity contribution in [3.05, 3.63) is 39.9 Å². The number of carbonyl (C=O) groups is 1. The third kappa shape index (κ3) is 2.51. The van der Waals surface area contributed by atoms with Crippen molar-refractivity contribution in [2.75, 3.05) is 5.32 Å². The zero-order valence-corrected chi connectivity index (χ0v) is 9.05. The first-order valence-corrected chi connectivity index (χ1v) is 5.34. The molecule has 0 saturated heterocycles. The summed E-state index contributed by atoms with van der Waals surface area (Å²) in [6, 6.07) is 3.54. The first kappa shape index (κ1) is 10.1. The topological polar surface area (TPSA) is 54.9 Å². The van der Waals surface area contributed by atoms with E-state index in [0.717, 1.165) is 0 Å². The average molecular weight is 240 g/mol. The Morgan fingerprint density at radius 1 is 1.47 bits per heavy atom. The van der Waals surface area contributed by atoms with Gasteiger partial charge in [0.1, 0.15) is 5.15 Å². The fourth-order valence-corrected chi connectivity index (χ4v) is 1.75. The second kappa shape index (κ2) is 4.37. The molecule has 0 aliphatic rings. The Morgan fingerprint density at radius 3 is 3.00 bits per heavy atom. The molecule has 0 fully saturated rings. The zero-order chi connectivity index (χ0) is 10.7. The molecule has 76 valence electrons. The van der Waals surface area contributed by atoms with Gasteiger partial charge in [-0.3, -0.25) is 9.78 Å². The number of carbonyl (C=O) groups excluding carboxylic acids is 1. The predicted molar refractivity (Wildman–Crippen MR) is 59.3 cm³/mol. The van der Waals surface area contributed by atoms with Crippen LogP contribution in [0.4, 0.5) is 5.82 Å². The lowest BCUT2D eigenvalue weighted by Crippen LogP contribution is -2.11. The third-order valence-electron chi connectivity index (χ3n) is 1.59. The number of nitrogens with zero attached hydrogens (tertiary/aromatic N) is 2. The highest BCUT2D eigenvalue weighted by molar-refractivity contribution is 7.12. The van der Waals surface area contributed by atoms with Gasteiger partial charge in [-0.2, -0.15) is 0 Å². The van der Waals surface area contributed by atoms with Crippen LogP contribution in [0.3, 0.4) is 0 Å². The van der Waals surface area contributed by atoms with Crippen molar-refractivity contribution in [1.82, 2.24) is 9.97 Å². The van der Waals surface area contributed by atoms with Gasteiger partial charge in [0.05, 0.1) is 17.3 Å². The van der Waals surface area contributed by atoms with Crippen molar-refractivity contribution in [2.24, 2.45) is 0 Å². The molecule has 4 nitrogen and oxygen atoms in total. The van der Waals surface area contributed by atoms with E-state index in [1.54, 1.807) is 6.07 Å². The van der Waals surface area contributed by atoms with E-state index < -0.39 is 0 Å². The molecule has 2 rings (SSSR count). The quantitative estimate of drug-likeness (QED) is 0.876. The number of hydrogen-bond acceptors (Lipinski definition) is 4. The van der Waals surface area contributed by atoms with Gasteiger partial charge in [0.25, 0.3) is 5.91 Å². The Morgan fingerprint density at radius 2 is 2.33 bits per heavy atom. The van der Waals surface area contributed by atoms with Crippen molar-refractivity contribution in [3.63, 3.8) is 0 Å². The zero-order valence-electron chi connectivity index (χ0n) is 7.48. The number of nitrogens with one attached hydrogen (secondary N) is 1. The molecule has 0 saturated carbocycles. The molecule has 2 aromatic heterocycles. The summed E-state index contributed by atoms with van der Waals surface area (Å²) in [5.74, 6) is 0.141. The van der Waals surface area contributed by atoms with Crippen LogP contribution in [0.15, 0.2) is 29.9 Å². The number of aromatic nitrogens is 2. The van der Waals surface area contributed by atoms with Crippen LogP contribution in [0, 0.1) is 0 Å². The summed E-state index contributed by atoms with van der Waals surface area (Å²) >= 11 is 6.99. The number of hydrogen-bond donors (Lipinski definition) is 1. The Kier molecular flexibility index (Phi) is 2.94. The molecule has 0 atom stereocenters.